The maximum Gasteiger partial charge on any atom is 0.243 e. The van der Waals surface area contributed by atoms with Crippen molar-refractivity contribution in [1.29, 1.82) is 0 Å². The number of carbonyl (C=O) groups is 2. The average molecular weight is 505 g/mol. The molecule has 7 nitrogen and oxygen atoms in total. The van der Waals surface area contributed by atoms with Crippen LogP contribution in [0, 0.1) is 5.92 Å². The van der Waals surface area contributed by atoms with Crippen LogP contribution in [-0.4, -0.2) is 73.9 Å². The summed E-state index contributed by atoms with van der Waals surface area (Å²) in [6, 6.07) is 0.156. The second-order valence-electron chi connectivity index (χ2n) is 8.01. The zero-order valence-electron chi connectivity index (χ0n) is 17.5. The predicted octanol–water partition coefficient (Wildman–Crippen LogP) is 1.99. The van der Waals surface area contributed by atoms with Gasteiger partial charge in [0.05, 0.1) is 0 Å². The summed E-state index contributed by atoms with van der Waals surface area (Å²) in [5, 5.41) is 6.60. The molecule has 0 bridgehead atoms. The van der Waals surface area contributed by atoms with Gasteiger partial charge in [-0.1, -0.05) is 31.4 Å². The van der Waals surface area contributed by atoms with Gasteiger partial charge in [0, 0.05) is 45.7 Å². The molecule has 0 spiro atoms. The number of amides is 2. The van der Waals surface area contributed by atoms with Crippen LogP contribution in [0.2, 0.25) is 0 Å². The molecule has 0 aromatic rings. The lowest BCUT2D eigenvalue weighted by atomic mass is 9.88. The van der Waals surface area contributed by atoms with Crippen molar-refractivity contribution in [2.24, 2.45) is 10.9 Å². The molecule has 2 aliphatic rings. The molecule has 1 aliphatic heterocycles. The Morgan fingerprint density at radius 1 is 1.18 bits per heavy atom. The van der Waals surface area contributed by atoms with Gasteiger partial charge in [-0.2, -0.15) is 0 Å². The van der Waals surface area contributed by atoms with Crippen molar-refractivity contribution < 1.29 is 9.59 Å². The van der Waals surface area contributed by atoms with E-state index in [0.29, 0.717) is 25.0 Å². The molecule has 2 amide bonds. The minimum Gasteiger partial charge on any atom is -0.353 e. The van der Waals surface area contributed by atoms with Crippen LogP contribution < -0.4 is 10.6 Å². The van der Waals surface area contributed by atoms with Gasteiger partial charge in [-0.05, 0) is 26.2 Å². The molecule has 0 aromatic carbocycles. The molecule has 2 fully saturated rings. The van der Waals surface area contributed by atoms with Crippen LogP contribution >= 0.6 is 24.0 Å². The molecule has 1 atom stereocenters. The zero-order chi connectivity index (χ0) is 19.8. The van der Waals surface area contributed by atoms with Crippen molar-refractivity contribution in [2.45, 2.75) is 51.5 Å². The third-order valence-electron chi connectivity index (χ3n) is 5.22. The maximum absolute atomic E-state index is 12.7. The second-order valence-corrected chi connectivity index (χ2v) is 8.01. The highest BCUT2D eigenvalue weighted by molar-refractivity contribution is 14.0. The Morgan fingerprint density at radius 2 is 1.86 bits per heavy atom. The first-order chi connectivity index (χ1) is 12.9. The SMILES string of the molecule is C=C(C)CNC(=NCC(=O)N(C)C)NC1CCN(C(=O)C2CCCCC2)C1.I. The van der Waals surface area contributed by atoms with Crippen molar-refractivity contribution >= 4 is 41.8 Å². The first-order valence-corrected chi connectivity index (χ1v) is 10.0. The minimum absolute atomic E-state index is 0. The van der Waals surface area contributed by atoms with Crippen molar-refractivity contribution in [2.75, 3.05) is 40.3 Å². The van der Waals surface area contributed by atoms with E-state index in [9.17, 15) is 9.59 Å². The summed E-state index contributed by atoms with van der Waals surface area (Å²) in [4.78, 5) is 32.5. The number of likely N-dealkylation sites (N-methyl/N-ethyl adjacent to an activating group) is 1. The number of halogens is 1. The molecule has 160 valence electrons. The van der Waals surface area contributed by atoms with E-state index in [1.807, 2.05) is 11.8 Å². The molecule has 8 heteroatoms. The Hall–Kier alpha value is -1.32. The quantitative estimate of drug-likeness (QED) is 0.251. The van der Waals surface area contributed by atoms with Crippen LogP contribution in [0.3, 0.4) is 0 Å². The van der Waals surface area contributed by atoms with Crippen LogP contribution in [0.15, 0.2) is 17.1 Å². The number of rotatable bonds is 6. The molecule has 1 saturated heterocycles. The van der Waals surface area contributed by atoms with Gasteiger partial charge in [-0.25, -0.2) is 4.99 Å². The third kappa shape index (κ3) is 7.97. The summed E-state index contributed by atoms with van der Waals surface area (Å²) in [7, 11) is 3.44. The molecule has 1 heterocycles. The number of nitrogens with one attached hydrogen (secondary N) is 2. The highest BCUT2D eigenvalue weighted by Gasteiger charge is 2.31. The largest absolute Gasteiger partial charge is 0.353 e. The summed E-state index contributed by atoms with van der Waals surface area (Å²) in [6.07, 6.45) is 6.57. The van der Waals surface area contributed by atoms with Crippen molar-refractivity contribution in [3.63, 3.8) is 0 Å². The van der Waals surface area contributed by atoms with Gasteiger partial charge >= 0.3 is 0 Å². The molecule has 1 unspecified atom stereocenters. The summed E-state index contributed by atoms with van der Waals surface area (Å²) in [6.45, 7) is 8.01. The van der Waals surface area contributed by atoms with Crippen molar-refractivity contribution in [1.82, 2.24) is 20.4 Å². The van der Waals surface area contributed by atoms with E-state index < -0.39 is 0 Å². The molecule has 2 N–H and O–H groups in total. The van der Waals surface area contributed by atoms with Gasteiger partial charge in [-0.15, -0.1) is 24.0 Å². The van der Waals surface area contributed by atoms with E-state index in [4.69, 9.17) is 0 Å². The molecular weight excluding hydrogens is 469 g/mol. The number of nitrogens with zero attached hydrogens (tertiary/aromatic N) is 3. The monoisotopic (exact) mass is 505 g/mol. The fourth-order valence-corrected chi connectivity index (χ4v) is 3.55. The first kappa shape index (κ1) is 24.7. The molecule has 1 aliphatic carbocycles. The third-order valence-corrected chi connectivity index (χ3v) is 5.22. The number of likely N-dealkylation sites (tertiary alicyclic amines) is 1. The second kappa shape index (κ2) is 12.3. The summed E-state index contributed by atoms with van der Waals surface area (Å²) in [5.74, 6) is 1.08. The van der Waals surface area contributed by atoms with Crippen LogP contribution in [0.5, 0.6) is 0 Å². The van der Waals surface area contributed by atoms with Crippen LogP contribution in [0.1, 0.15) is 45.4 Å². The lowest BCUT2D eigenvalue weighted by Crippen LogP contribution is -2.46. The Labute approximate surface area is 186 Å². The fraction of sp³-hybridized carbons (Fsp3) is 0.750. The van der Waals surface area contributed by atoms with E-state index >= 15 is 0 Å². The predicted molar refractivity (Wildman–Crippen MR) is 124 cm³/mol. The Balaban J connectivity index is 0.00000392. The smallest absolute Gasteiger partial charge is 0.243 e. The van der Waals surface area contributed by atoms with Crippen molar-refractivity contribution in [3.8, 4) is 0 Å². The summed E-state index contributed by atoms with van der Waals surface area (Å²) in [5.41, 5.74) is 0.990. The minimum atomic E-state index is -0.0491. The van der Waals surface area contributed by atoms with Gasteiger partial charge in [0.1, 0.15) is 6.54 Å². The number of hydrogen-bond donors (Lipinski definition) is 2. The van der Waals surface area contributed by atoms with Gasteiger partial charge < -0.3 is 20.4 Å². The molecule has 28 heavy (non-hydrogen) atoms. The van der Waals surface area contributed by atoms with Gasteiger partial charge in [-0.3, -0.25) is 9.59 Å². The topological polar surface area (TPSA) is 77.0 Å². The Bertz CT molecular complexity index is 573. The molecular formula is C20H36IN5O2. The number of guanidine groups is 1. The molecule has 2 rings (SSSR count). The molecule has 1 saturated carbocycles. The fourth-order valence-electron chi connectivity index (χ4n) is 3.55. The normalized spacial score (nSPS) is 20.3. The molecule has 0 radical (unpaired) electrons. The maximum atomic E-state index is 12.7. The lowest BCUT2D eigenvalue weighted by Gasteiger charge is -2.26. The van der Waals surface area contributed by atoms with E-state index in [1.165, 1.54) is 24.2 Å². The Morgan fingerprint density at radius 3 is 2.46 bits per heavy atom. The van der Waals surface area contributed by atoms with Crippen molar-refractivity contribution in [3.05, 3.63) is 12.2 Å². The van der Waals surface area contributed by atoms with Crippen LogP contribution in [0.4, 0.5) is 0 Å². The number of carbonyl (C=O) groups excluding carboxylic acids is 2. The summed E-state index contributed by atoms with van der Waals surface area (Å²) >= 11 is 0. The standard InChI is InChI=1S/C20H35N5O2.HI/c1-15(2)12-21-20(22-13-18(26)24(3)4)23-17-10-11-25(14-17)19(27)16-8-6-5-7-9-16;/h16-17H,1,5-14H2,2-4H3,(H2,21,22,23);1H. The van der Waals surface area contributed by atoms with Gasteiger partial charge in [0.15, 0.2) is 5.96 Å². The number of hydrogen-bond acceptors (Lipinski definition) is 3. The average Bonchev–Trinajstić information content (AvgIpc) is 3.12. The lowest BCUT2D eigenvalue weighted by molar-refractivity contribution is -0.135. The van der Waals surface area contributed by atoms with Gasteiger partial charge in [0.25, 0.3) is 0 Å². The van der Waals surface area contributed by atoms with Crippen LogP contribution in [-0.2, 0) is 9.59 Å². The zero-order valence-corrected chi connectivity index (χ0v) is 19.8. The summed E-state index contributed by atoms with van der Waals surface area (Å²) < 4.78 is 0. The molecule has 0 aromatic heterocycles. The Kier molecular flexibility index (Phi) is 10.8. The van der Waals surface area contributed by atoms with Gasteiger partial charge in [0.2, 0.25) is 11.8 Å². The highest BCUT2D eigenvalue weighted by Crippen LogP contribution is 2.26. The highest BCUT2D eigenvalue weighted by atomic mass is 127. The number of aliphatic imine (C=N–C) groups is 1. The van der Waals surface area contributed by atoms with E-state index in [1.54, 1.807) is 14.1 Å². The van der Waals surface area contributed by atoms with E-state index in [2.05, 4.69) is 22.2 Å². The van der Waals surface area contributed by atoms with E-state index in [0.717, 1.165) is 31.4 Å². The van der Waals surface area contributed by atoms with Crippen LogP contribution in [0.25, 0.3) is 0 Å². The van der Waals surface area contributed by atoms with E-state index in [-0.39, 0.29) is 48.4 Å². The first-order valence-electron chi connectivity index (χ1n) is 10.0.